The maximum absolute atomic E-state index is 12.2. The number of anilines is 2. The van der Waals surface area contributed by atoms with E-state index in [2.05, 4.69) is 16.5 Å². The Morgan fingerprint density at radius 2 is 2.18 bits per heavy atom. The molecule has 28 heavy (non-hydrogen) atoms. The molecule has 2 aromatic rings. The second kappa shape index (κ2) is 8.24. The number of aliphatic hydroxyl groups is 1. The van der Waals surface area contributed by atoms with Crippen LogP contribution in [0.4, 0.5) is 20.7 Å². The van der Waals surface area contributed by atoms with Crippen molar-refractivity contribution >= 4 is 17.6 Å². The van der Waals surface area contributed by atoms with Gasteiger partial charge in [0.05, 0.1) is 31.1 Å². The Kier molecular flexibility index (Phi) is 5.77. The molecule has 1 aromatic heterocycles. The first-order chi connectivity index (χ1) is 13.5. The smallest absolute Gasteiger partial charge is 0.410 e. The Hall–Kier alpha value is -3.16. The average Bonchev–Trinajstić information content (AvgIpc) is 3.07. The van der Waals surface area contributed by atoms with Gasteiger partial charge in [-0.1, -0.05) is 18.2 Å². The second-order valence-corrected chi connectivity index (χ2v) is 6.53. The number of aromatic nitrogens is 2. The van der Waals surface area contributed by atoms with Crippen LogP contribution in [0.2, 0.25) is 0 Å². The fraction of sp³-hybridized carbons (Fsp3) is 0.389. The molecule has 9 nitrogen and oxygen atoms in total. The maximum Gasteiger partial charge on any atom is 0.410 e. The van der Waals surface area contributed by atoms with Gasteiger partial charge in [-0.05, 0) is 12.1 Å². The van der Waals surface area contributed by atoms with Crippen molar-refractivity contribution < 1.29 is 19.0 Å². The number of nitriles is 1. The third-order valence-electron chi connectivity index (χ3n) is 4.52. The van der Waals surface area contributed by atoms with Gasteiger partial charge in [-0.2, -0.15) is 10.4 Å². The lowest BCUT2D eigenvalue weighted by Gasteiger charge is -2.48. The van der Waals surface area contributed by atoms with Gasteiger partial charge in [0.1, 0.15) is 25.0 Å². The summed E-state index contributed by atoms with van der Waals surface area (Å²) in [6, 6.07) is 11.3. The lowest BCUT2D eigenvalue weighted by Crippen LogP contribution is -2.64. The zero-order valence-electron chi connectivity index (χ0n) is 15.1. The van der Waals surface area contributed by atoms with E-state index in [1.807, 2.05) is 30.3 Å². The number of amides is 1. The number of hydrogen-bond acceptors (Lipinski definition) is 7. The van der Waals surface area contributed by atoms with Gasteiger partial charge in [0, 0.05) is 11.9 Å². The van der Waals surface area contributed by atoms with Crippen molar-refractivity contribution in [3.63, 3.8) is 0 Å². The predicted molar refractivity (Wildman–Crippen MR) is 98.2 cm³/mol. The monoisotopic (exact) mass is 388 g/mol. The van der Waals surface area contributed by atoms with Crippen LogP contribution in [0.5, 0.6) is 0 Å². The highest BCUT2D eigenvalue weighted by Gasteiger charge is 2.48. The molecule has 1 unspecified atom stereocenters. The van der Waals surface area contributed by atoms with E-state index in [9.17, 15) is 19.6 Å². The number of carbonyl (C=O) groups is 1. The molecule has 10 heteroatoms. The SMILES string of the molecule is N#CCC1(n2cc(C(N)O)c(Nc3ccccc3)n2)CN(C(=O)OCCF)C1. The number of para-hydroxylation sites is 1. The van der Waals surface area contributed by atoms with Crippen LogP contribution in [-0.2, 0) is 10.3 Å². The van der Waals surface area contributed by atoms with Gasteiger partial charge in [0.15, 0.2) is 5.82 Å². The number of nitrogens with zero attached hydrogens (tertiary/aromatic N) is 4. The number of likely N-dealkylation sites (tertiary alicyclic amines) is 1. The molecule has 1 aliphatic rings. The normalized spacial score (nSPS) is 16.0. The first-order valence-corrected chi connectivity index (χ1v) is 8.69. The molecule has 4 N–H and O–H groups in total. The zero-order chi connectivity index (χ0) is 20.1. The number of rotatable bonds is 7. The summed E-state index contributed by atoms with van der Waals surface area (Å²) >= 11 is 0. The Morgan fingerprint density at radius 3 is 2.79 bits per heavy atom. The Morgan fingerprint density at radius 1 is 1.46 bits per heavy atom. The number of nitrogens with one attached hydrogen (secondary N) is 1. The standard InChI is InChI=1S/C18H21FN6O3/c19-7-9-28-17(27)24-11-18(12-24,6-8-20)25-10-14(15(21)26)16(23-25)22-13-4-2-1-3-5-13/h1-5,10,15,26H,6-7,9,11-12,21H2,(H,22,23). The summed E-state index contributed by atoms with van der Waals surface area (Å²) in [7, 11) is 0. The first kappa shape index (κ1) is 19.6. The van der Waals surface area contributed by atoms with Crippen LogP contribution in [-0.4, -0.2) is 52.3 Å². The lowest BCUT2D eigenvalue weighted by atomic mass is 9.87. The Bertz CT molecular complexity index is 858. The summed E-state index contributed by atoms with van der Waals surface area (Å²) in [5.41, 5.74) is 6.01. The molecule has 1 saturated heterocycles. The molecular formula is C18H21FN6O3. The molecule has 1 fully saturated rings. The number of nitrogens with two attached hydrogens (primary N) is 1. The van der Waals surface area contributed by atoms with Gasteiger partial charge in [0.25, 0.3) is 0 Å². The summed E-state index contributed by atoms with van der Waals surface area (Å²) in [5, 5.41) is 26.7. The molecule has 0 saturated carbocycles. The number of ether oxygens (including phenoxy) is 1. The summed E-state index contributed by atoms with van der Waals surface area (Å²) in [5.74, 6) is 0.358. The van der Waals surface area contributed by atoms with Gasteiger partial charge in [-0.25, -0.2) is 9.18 Å². The van der Waals surface area contributed by atoms with E-state index < -0.39 is 24.5 Å². The van der Waals surface area contributed by atoms with Crippen molar-refractivity contribution in [2.45, 2.75) is 18.2 Å². The van der Waals surface area contributed by atoms with Crippen LogP contribution in [0.25, 0.3) is 0 Å². The highest BCUT2D eigenvalue weighted by molar-refractivity contribution is 5.69. The van der Waals surface area contributed by atoms with Crippen LogP contribution in [0.15, 0.2) is 36.5 Å². The number of aliphatic hydroxyl groups excluding tert-OH is 1. The molecule has 0 radical (unpaired) electrons. The van der Waals surface area contributed by atoms with Crippen molar-refractivity contribution in [1.82, 2.24) is 14.7 Å². The largest absolute Gasteiger partial charge is 0.447 e. The van der Waals surface area contributed by atoms with Gasteiger partial charge in [0.2, 0.25) is 0 Å². The molecule has 1 atom stereocenters. The maximum atomic E-state index is 12.2. The van der Waals surface area contributed by atoms with Crippen molar-refractivity contribution in [3.8, 4) is 6.07 Å². The molecule has 148 valence electrons. The van der Waals surface area contributed by atoms with E-state index in [1.165, 1.54) is 4.90 Å². The summed E-state index contributed by atoms with van der Waals surface area (Å²) in [6.45, 7) is -0.707. The van der Waals surface area contributed by atoms with Crippen LogP contribution < -0.4 is 11.1 Å². The summed E-state index contributed by atoms with van der Waals surface area (Å²) in [6.07, 6.45) is -0.255. The fourth-order valence-electron chi connectivity index (χ4n) is 3.10. The summed E-state index contributed by atoms with van der Waals surface area (Å²) in [4.78, 5) is 13.3. The van der Waals surface area contributed by atoms with Gasteiger partial charge in [-0.3, -0.25) is 4.68 Å². The van der Waals surface area contributed by atoms with Crippen LogP contribution >= 0.6 is 0 Å². The summed E-state index contributed by atoms with van der Waals surface area (Å²) < 4.78 is 18.5. The topological polar surface area (TPSA) is 129 Å². The minimum atomic E-state index is -1.27. The minimum absolute atomic E-state index is 0.0897. The fourth-order valence-corrected chi connectivity index (χ4v) is 3.10. The molecular weight excluding hydrogens is 367 g/mol. The van der Waals surface area contributed by atoms with E-state index in [0.717, 1.165) is 5.69 Å². The van der Waals surface area contributed by atoms with E-state index in [-0.39, 0.29) is 26.1 Å². The van der Waals surface area contributed by atoms with Crippen molar-refractivity contribution in [3.05, 3.63) is 42.1 Å². The Labute approximate surface area is 161 Å². The minimum Gasteiger partial charge on any atom is -0.447 e. The number of alkyl halides is 1. The van der Waals surface area contributed by atoms with Gasteiger partial charge < -0.3 is 25.8 Å². The average molecular weight is 388 g/mol. The highest BCUT2D eigenvalue weighted by atomic mass is 19.1. The lowest BCUT2D eigenvalue weighted by molar-refractivity contribution is -0.00142. The highest BCUT2D eigenvalue weighted by Crippen LogP contribution is 2.35. The van der Waals surface area contributed by atoms with Crippen LogP contribution in [0.1, 0.15) is 18.2 Å². The van der Waals surface area contributed by atoms with Gasteiger partial charge >= 0.3 is 6.09 Å². The number of halogens is 1. The number of hydrogen-bond donors (Lipinski definition) is 3. The first-order valence-electron chi connectivity index (χ1n) is 8.69. The molecule has 0 spiro atoms. The molecule has 0 aliphatic carbocycles. The zero-order valence-corrected chi connectivity index (χ0v) is 15.1. The van der Waals surface area contributed by atoms with Gasteiger partial charge in [-0.15, -0.1) is 0 Å². The molecule has 3 rings (SSSR count). The third-order valence-corrected chi connectivity index (χ3v) is 4.52. The molecule has 1 amide bonds. The molecule has 2 heterocycles. The van der Waals surface area contributed by atoms with Crippen molar-refractivity contribution in [1.29, 1.82) is 5.26 Å². The third kappa shape index (κ3) is 3.90. The van der Waals surface area contributed by atoms with Crippen LogP contribution in [0, 0.1) is 11.3 Å². The van der Waals surface area contributed by atoms with E-state index >= 15 is 0 Å². The number of benzene rings is 1. The van der Waals surface area contributed by atoms with E-state index in [0.29, 0.717) is 11.4 Å². The van der Waals surface area contributed by atoms with Crippen molar-refractivity contribution in [2.75, 3.05) is 31.7 Å². The van der Waals surface area contributed by atoms with E-state index in [1.54, 1.807) is 10.9 Å². The number of carbonyl (C=O) groups excluding carboxylic acids is 1. The van der Waals surface area contributed by atoms with Crippen molar-refractivity contribution in [2.24, 2.45) is 5.73 Å². The second-order valence-electron chi connectivity index (χ2n) is 6.53. The Balaban J connectivity index is 1.83. The molecule has 0 bridgehead atoms. The van der Waals surface area contributed by atoms with Crippen LogP contribution in [0.3, 0.4) is 0 Å². The molecule has 1 aliphatic heterocycles. The quantitative estimate of drug-likeness (QED) is 0.614. The van der Waals surface area contributed by atoms with E-state index in [4.69, 9.17) is 10.5 Å². The molecule has 1 aromatic carbocycles. The predicted octanol–water partition coefficient (Wildman–Crippen LogP) is 1.61.